The van der Waals surface area contributed by atoms with Crippen molar-refractivity contribution in [2.75, 3.05) is 24.3 Å². The van der Waals surface area contributed by atoms with Crippen LogP contribution in [0.3, 0.4) is 0 Å². The number of rotatable bonds is 8. The summed E-state index contributed by atoms with van der Waals surface area (Å²) < 4.78 is 52.0. The number of hydrogen-bond acceptors (Lipinski definition) is 5. The van der Waals surface area contributed by atoms with Crippen LogP contribution in [0.4, 0.5) is 15.8 Å². The van der Waals surface area contributed by atoms with Crippen molar-refractivity contribution in [2.24, 2.45) is 0 Å². The van der Waals surface area contributed by atoms with Gasteiger partial charge in [-0.05, 0) is 72.7 Å². The van der Waals surface area contributed by atoms with E-state index in [9.17, 15) is 17.6 Å². The molecule has 0 aliphatic carbocycles. The van der Waals surface area contributed by atoms with Crippen LogP contribution >= 0.6 is 0 Å². The van der Waals surface area contributed by atoms with Gasteiger partial charge in [0.1, 0.15) is 5.75 Å². The minimum Gasteiger partial charge on any atom is -0.497 e. The van der Waals surface area contributed by atoms with Crippen LogP contribution in [0.1, 0.15) is 11.1 Å². The second kappa shape index (κ2) is 10.2. The van der Waals surface area contributed by atoms with Crippen molar-refractivity contribution in [2.45, 2.75) is 11.8 Å². The Morgan fingerprint density at radius 3 is 2.27 bits per heavy atom. The van der Waals surface area contributed by atoms with Crippen molar-refractivity contribution in [3.8, 4) is 11.5 Å². The highest BCUT2D eigenvalue weighted by molar-refractivity contribution is 7.92. The van der Waals surface area contributed by atoms with Gasteiger partial charge in [0.2, 0.25) is 5.91 Å². The van der Waals surface area contributed by atoms with Gasteiger partial charge in [0.15, 0.2) is 11.6 Å². The molecule has 0 unspecified atom stereocenters. The fourth-order valence-electron chi connectivity index (χ4n) is 2.98. The SMILES string of the molecule is COc1ccc(NS(=O)(=O)c2cc(NC(=O)/C=C/c3ccc(OC)c(F)c3)ccc2C)cc1. The number of methoxy groups -OCH3 is 2. The zero-order valence-corrected chi connectivity index (χ0v) is 19.1. The molecule has 33 heavy (non-hydrogen) atoms. The van der Waals surface area contributed by atoms with Crippen LogP contribution in [-0.2, 0) is 14.8 Å². The third-order valence-corrected chi connectivity index (χ3v) is 6.21. The van der Waals surface area contributed by atoms with Gasteiger partial charge in [-0.2, -0.15) is 0 Å². The lowest BCUT2D eigenvalue weighted by atomic mass is 10.2. The molecule has 0 saturated carbocycles. The number of anilines is 2. The number of amides is 1. The minimum atomic E-state index is -3.90. The maximum atomic E-state index is 13.8. The molecule has 1 amide bonds. The highest BCUT2D eigenvalue weighted by Crippen LogP contribution is 2.24. The topological polar surface area (TPSA) is 93.7 Å². The van der Waals surface area contributed by atoms with Crippen LogP contribution in [0, 0.1) is 12.7 Å². The zero-order valence-electron chi connectivity index (χ0n) is 18.3. The molecule has 0 fully saturated rings. The van der Waals surface area contributed by atoms with Gasteiger partial charge < -0.3 is 14.8 Å². The molecule has 3 aromatic carbocycles. The molecular weight excluding hydrogens is 447 g/mol. The molecule has 0 aliphatic rings. The van der Waals surface area contributed by atoms with E-state index in [4.69, 9.17) is 9.47 Å². The lowest BCUT2D eigenvalue weighted by Gasteiger charge is -2.12. The number of hydrogen-bond donors (Lipinski definition) is 2. The molecule has 2 N–H and O–H groups in total. The number of halogens is 1. The zero-order chi connectivity index (χ0) is 24.0. The van der Waals surface area contributed by atoms with Gasteiger partial charge in [-0.3, -0.25) is 9.52 Å². The monoisotopic (exact) mass is 470 g/mol. The van der Waals surface area contributed by atoms with Gasteiger partial charge in [-0.1, -0.05) is 12.1 Å². The highest BCUT2D eigenvalue weighted by atomic mass is 32.2. The highest BCUT2D eigenvalue weighted by Gasteiger charge is 2.18. The lowest BCUT2D eigenvalue weighted by molar-refractivity contribution is -0.111. The third kappa shape index (κ3) is 6.11. The summed E-state index contributed by atoms with van der Waals surface area (Å²) in [5, 5.41) is 2.62. The predicted molar refractivity (Wildman–Crippen MR) is 126 cm³/mol. The Balaban J connectivity index is 1.74. The van der Waals surface area contributed by atoms with E-state index in [2.05, 4.69) is 10.0 Å². The number of nitrogens with one attached hydrogen (secondary N) is 2. The number of carbonyl (C=O) groups excluding carboxylic acids is 1. The van der Waals surface area contributed by atoms with E-state index in [0.717, 1.165) is 0 Å². The van der Waals surface area contributed by atoms with Gasteiger partial charge in [-0.15, -0.1) is 0 Å². The van der Waals surface area contributed by atoms with Crippen LogP contribution in [-0.4, -0.2) is 28.5 Å². The van der Waals surface area contributed by atoms with E-state index in [1.54, 1.807) is 49.4 Å². The standard InChI is InChI=1S/C24H23FN2O5S/c1-16-4-7-19(26-24(28)13-6-17-5-12-22(32-3)21(25)14-17)15-23(16)33(29,30)27-18-8-10-20(31-2)11-9-18/h4-15,27H,1-3H3,(H,26,28)/b13-6+. The summed E-state index contributed by atoms with van der Waals surface area (Å²) in [4.78, 5) is 12.3. The Labute approximate surface area is 191 Å². The molecule has 0 saturated heterocycles. The van der Waals surface area contributed by atoms with Crippen molar-refractivity contribution < 1.29 is 27.1 Å². The van der Waals surface area contributed by atoms with Crippen LogP contribution in [0.2, 0.25) is 0 Å². The summed E-state index contributed by atoms with van der Waals surface area (Å²) in [6.45, 7) is 1.66. The maximum Gasteiger partial charge on any atom is 0.262 e. The van der Waals surface area contributed by atoms with E-state index in [0.29, 0.717) is 28.3 Å². The first-order chi connectivity index (χ1) is 15.7. The fraction of sp³-hybridized carbons (Fsp3) is 0.125. The van der Waals surface area contributed by atoms with Crippen LogP contribution in [0.15, 0.2) is 71.6 Å². The van der Waals surface area contributed by atoms with E-state index < -0.39 is 21.7 Å². The molecule has 3 rings (SSSR count). The summed E-state index contributed by atoms with van der Waals surface area (Å²) in [6.07, 6.45) is 2.67. The third-order valence-electron chi connectivity index (χ3n) is 4.69. The van der Waals surface area contributed by atoms with Gasteiger partial charge in [-0.25, -0.2) is 12.8 Å². The Morgan fingerprint density at radius 1 is 0.939 bits per heavy atom. The Kier molecular flexibility index (Phi) is 7.34. The first-order valence-electron chi connectivity index (χ1n) is 9.82. The molecule has 0 atom stereocenters. The molecule has 0 heterocycles. The number of ether oxygens (including phenoxy) is 2. The molecule has 9 heteroatoms. The van der Waals surface area contributed by atoms with E-state index in [1.165, 1.54) is 44.6 Å². The minimum absolute atomic E-state index is 0.0253. The van der Waals surface area contributed by atoms with Gasteiger partial charge in [0.05, 0.1) is 19.1 Å². The molecule has 0 aliphatic heterocycles. The summed E-state index contributed by atoms with van der Waals surface area (Å²) in [5.74, 6) is -0.336. The normalized spacial score (nSPS) is 11.3. The van der Waals surface area contributed by atoms with Crippen LogP contribution in [0.25, 0.3) is 6.08 Å². The Hall–Kier alpha value is -3.85. The quantitative estimate of drug-likeness (QED) is 0.469. The number of carbonyl (C=O) groups is 1. The average molecular weight is 471 g/mol. The van der Waals surface area contributed by atoms with Crippen molar-refractivity contribution in [1.82, 2.24) is 0 Å². The van der Waals surface area contributed by atoms with Crippen molar-refractivity contribution in [3.63, 3.8) is 0 Å². The largest absolute Gasteiger partial charge is 0.497 e. The van der Waals surface area contributed by atoms with E-state index in [-0.39, 0.29) is 10.6 Å². The van der Waals surface area contributed by atoms with E-state index >= 15 is 0 Å². The summed E-state index contributed by atoms with van der Waals surface area (Å²) in [7, 11) is -1.02. The lowest BCUT2D eigenvalue weighted by Crippen LogP contribution is -2.15. The number of benzene rings is 3. The van der Waals surface area contributed by atoms with Crippen molar-refractivity contribution in [1.29, 1.82) is 0 Å². The molecule has 0 radical (unpaired) electrons. The summed E-state index contributed by atoms with van der Waals surface area (Å²) >= 11 is 0. The molecule has 0 bridgehead atoms. The number of sulfonamides is 1. The van der Waals surface area contributed by atoms with Gasteiger partial charge >= 0.3 is 0 Å². The Bertz CT molecular complexity index is 1290. The second-order valence-electron chi connectivity index (χ2n) is 7.03. The number of aryl methyl sites for hydroxylation is 1. The van der Waals surface area contributed by atoms with Crippen LogP contribution in [0.5, 0.6) is 11.5 Å². The smallest absolute Gasteiger partial charge is 0.262 e. The summed E-state index contributed by atoms with van der Waals surface area (Å²) in [6, 6.07) is 15.3. The summed E-state index contributed by atoms with van der Waals surface area (Å²) in [5.41, 5.74) is 1.66. The first kappa shape index (κ1) is 23.8. The van der Waals surface area contributed by atoms with Gasteiger partial charge in [0, 0.05) is 17.5 Å². The van der Waals surface area contributed by atoms with Crippen molar-refractivity contribution in [3.05, 3.63) is 83.7 Å². The first-order valence-corrected chi connectivity index (χ1v) is 11.3. The molecule has 3 aromatic rings. The molecule has 7 nitrogen and oxygen atoms in total. The van der Waals surface area contributed by atoms with Crippen LogP contribution < -0.4 is 19.5 Å². The fourth-order valence-corrected chi connectivity index (χ4v) is 4.31. The predicted octanol–water partition coefficient (Wildman–Crippen LogP) is 4.60. The molecule has 172 valence electrons. The van der Waals surface area contributed by atoms with Crippen molar-refractivity contribution >= 4 is 33.4 Å². The Morgan fingerprint density at radius 2 is 1.64 bits per heavy atom. The molecule has 0 spiro atoms. The molecule has 0 aromatic heterocycles. The van der Waals surface area contributed by atoms with E-state index in [1.807, 2.05) is 0 Å². The molecular formula is C24H23FN2O5S. The average Bonchev–Trinajstić information content (AvgIpc) is 2.79. The van der Waals surface area contributed by atoms with Gasteiger partial charge in [0.25, 0.3) is 10.0 Å². The second-order valence-corrected chi connectivity index (χ2v) is 8.68. The maximum absolute atomic E-state index is 13.8.